The minimum Gasteiger partial charge on any atom is -0.506 e. The highest BCUT2D eigenvalue weighted by atomic mass is 32.2. The van der Waals surface area contributed by atoms with Gasteiger partial charge < -0.3 is 21.7 Å². The zero-order valence-electron chi connectivity index (χ0n) is 29.0. The quantitative estimate of drug-likeness (QED) is 0.0364. The lowest BCUT2D eigenvalue weighted by atomic mass is 10.1. The molecule has 0 aromatic heterocycles. The Balaban J connectivity index is 1.30. The predicted molar refractivity (Wildman–Crippen MR) is 208 cm³/mol. The normalized spacial score (nSPS) is 12.8. The van der Waals surface area contributed by atoms with Gasteiger partial charge in [-0.05, 0) is 84.2 Å². The molecular weight excluding hydrogens is 821 g/mol. The lowest BCUT2D eigenvalue weighted by molar-refractivity contribution is 0.472. The molecule has 296 valence electrons. The van der Waals surface area contributed by atoms with Crippen LogP contribution < -0.4 is 11.5 Å². The van der Waals surface area contributed by atoms with Gasteiger partial charge in [-0.25, -0.2) is 0 Å². The number of rotatable bonds is 11. The molecule has 21 nitrogen and oxygen atoms in total. The number of benzene rings is 6. The lowest BCUT2D eigenvalue weighted by Crippen LogP contribution is -2.03. The van der Waals surface area contributed by atoms with Gasteiger partial charge in [0.25, 0.3) is 30.4 Å². The van der Waals surface area contributed by atoms with Crippen molar-refractivity contribution < 1.29 is 49.1 Å². The number of hydrogen-bond donors (Lipinski definition) is 7. The average molecular weight is 847 g/mol. The number of nitrogens with zero attached hydrogens (tertiary/aromatic N) is 8. The zero-order chi connectivity index (χ0) is 42.0. The Kier molecular flexibility index (Phi) is 11.1. The Morgan fingerprint density at radius 3 is 1.43 bits per heavy atom. The van der Waals surface area contributed by atoms with Gasteiger partial charge in [0.15, 0.2) is 5.75 Å². The maximum absolute atomic E-state index is 12.4. The second kappa shape index (κ2) is 15.8. The highest BCUT2D eigenvalue weighted by molar-refractivity contribution is 7.86. The summed E-state index contributed by atoms with van der Waals surface area (Å²) in [5, 5.41) is 52.5. The van der Waals surface area contributed by atoms with E-state index in [0.717, 1.165) is 30.3 Å². The van der Waals surface area contributed by atoms with Gasteiger partial charge in [0.2, 0.25) is 0 Å². The summed E-state index contributed by atoms with van der Waals surface area (Å²) in [6, 6.07) is 22.4. The van der Waals surface area contributed by atoms with Crippen LogP contribution in [0, 0.1) is 0 Å². The third-order valence-electron chi connectivity index (χ3n) is 7.81. The van der Waals surface area contributed by atoms with E-state index in [-0.39, 0.29) is 61.2 Å². The van der Waals surface area contributed by atoms with Gasteiger partial charge in [0, 0.05) is 6.07 Å². The lowest BCUT2D eigenvalue weighted by Gasteiger charge is -2.14. The molecule has 9 N–H and O–H groups in total. The number of nitrogens with two attached hydrogens (primary N) is 2. The predicted octanol–water partition coefficient (Wildman–Crippen LogP) is 8.82. The van der Waals surface area contributed by atoms with Gasteiger partial charge in [0.1, 0.15) is 38.3 Å². The van der Waals surface area contributed by atoms with Crippen LogP contribution in [0.15, 0.2) is 159 Å². The highest BCUT2D eigenvalue weighted by Crippen LogP contribution is 2.48. The number of hydrogen-bond acceptors (Lipinski definition) is 18. The van der Waals surface area contributed by atoms with Crippen molar-refractivity contribution in [2.75, 3.05) is 11.5 Å². The first kappa shape index (κ1) is 40.6. The Morgan fingerprint density at radius 1 is 0.466 bits per heavy atom. The molecule has 0 atom stereocenters. The smallest absolute Gasteiger partial charge is 0.296 e. The van der Waals surface area contributed by atoms with E-state index in [2.05, 4.69) is 40.9 Å². The maximum atomic E-state index is 12.4. The summed E-state index contributed by atoms with van der Waals surface area (Å²) in [5.41, 5.74) is 11.1. The third kappa shape index (κ3) is 9.13. The van der Waals surface area contributed by atoms with Crippen LogP contribution in [0.3, 0.4) is 0 Å². The molecule has 0 aliphatic carbocycles. The van der Waals surface area contributed by atoms with Crippen LogP contribution in [0.1, 0.15) is 0 Å². The molecule has 58 heavy (non-hydrogen) atoms. The van der Waals surface area contributed by atoms with Crippen molar-refractivity contribution in [2.24, 2.45) is 40.9 Å². The zero-order valence-corrected chi connectivity index (χ0v) is 31.4. The number of azo groups is 4. The van der Waals surface area contributed by atoms with Crippen LogP contribution in [-0.2, 0) is 30.4 Å². The van der Waals surface area contributed by atoms with Gasteiger partial charge in [-0.3, -0.25) is 13.7 Å². The van der Waals surface area contributed by atoms with Crippen LogP contribution in [0.4, 0.5) is 56.9 Å². The number of anilines is 2. The molecule has 6 rings (SSSR count). The molecule has 0 unspecified atom stereocenters. The van der Waals surface area contributed by atoms with Crippen molar-refractivity contribution in [2.45, 2.75) is 14.7 Å². The van der Waals surface area contributed by atoms with E-state index >= 15 is 0 Å². The van der Waals surface area contributed by atoms with Crippen LogP contribution >= 0.6 is 0 Å². The molecule has 0 fully saturated rings. The summed E-state index contributed by atoms with van der Waals surface area (Å²) < 4.78 is 101. The molecule has 0 amide bonds. The fourth-order valence-electron chi connectivity index (χ4n) is 5.06. The van der Waals surface area contributed by atoms with Crippen LogP contribution in [0.25, 0.3) is 10.8 Å². The summed E-state index contributed by atoms with van der Waals surface area (Å²) in [4.78, 5) is -2.19. The number of fused-ring (bicyclic) bond motifs is 1. The second-order valence-corrected chi connectivity index (χ2v) is 16.0. The summed E-state index contributed by atoms with van der Waals surface area (Å²) in [6.07, 6.45) is 0. The minimum atomic E-state index is -5.11. The Morgan fingerprint density at radius 2 is 0.914 bits per heavy atom. The molecule has 0 spiro atoms. The molecular formula is C34H26N10O11S3. The third-order valence-corrected chi connectivity index (χ3v) is 10.4. The van der Waals surface area contributed by atoms with Crippen molar-refractivity contribution in [1.82, 2.24) is 0 Å². The topological polar surface area (TPSA) is 354 Å². The molecule has 0 aliphatic heterocycles. The Labute approximate surface area is 327 Å². The summed E-state index contributed by atoms with van der Waals surface area (Å²) >= 11 is 0. The number of phenolic OH excluding ortho intramolecular Hbond substituents is 2. The number of aromatic hydroxyl groups is 2. The molecule has 6 aromatic rings. The first-order chi connectivity index (χ1) is 27.3. The summed E-state index contributed by atoms with van der Waals surface area (Å²) in [5.74, 6) is -1.26. The van der Waals surface area contributed by atoms with Crippen molar-refractivity contribution in [3.05, 3.63) is 103 Å². The number of nitrogen functional groups attached to an aromatic ring is 2. The molecule has 0 radical (unpaired) electrons. The van der Waals surface area contributed by atoms with Crippen molar-refractivity contribution in [1.29, 1.82) is 0 Å². The summed E-state index contributed by atoms with van der Waals surface area (Å²) in [7, 11) is -14.6. The van der Waals surface area contributed by atoms with Crippen molar-refractivity contribution in [3.63, 3.8) is 0 Å². The highest BCUT2D eigenvalue weighted by Gasteiger charge is 2.28. The van der Waals surface area contributed by atoms with Crippen LogP contribution in [0.2, 0.25) is 0 Å². The molecule has 0 bridgehead atoms. The molecule has 0 saturated heterocycles. The molecule has 0 saturated carbocycles. The van der Waals surface area contributed by atoms with Gasteiger partial charge in [-0.1, -0.05) is 18.2 Å². The van der Waals surface area contributed by atoms with Gasteiger partial charge in [-0.2, -0.15) is 45.7 Å². The number of phenols is 2. The first-order valence-electron chi connectivity index (χ1n) is 15.9. The van der Waals surface area contributed by atoms with Crippen molar-refractivity contribution >= 4 is 98.0 Å². The Hall–Kier alpha value is -7.09. The van der Waals surface area contributed by atoms with E-state index in [1.165, 1.54) is 54.6 Å². The van der Waals surface area contributed by atoms with E-state index in [1.54, 1.807) is 18.2 Å². The van der Waals surface area contributed by atoms with E-state index in [1.807, 2.05) is 0 Å². The van der Waals surface area contributed by atoms with E-state index < -0.39 is 63.0 Å². The van der Waals surface area contributed by atoms with Gasteiger partial charge in [-0.15, -0.1) is 20.5 Å². The Bertz CT molecular complexity index is 3060. The molecule has 6 aromatic carbocycles. The van der Waals surface area contributed by atoms with Crippen molar-refractivity contribution in [3.8, 4) is 11.5 Å². The fraction of sp³-hybridized carbons (Fsp3) is 0. The van der Waals surface area contributed by atoms with Crippen LogP contribution in [0.5, 0.6) is 11.5 Å². The maximum Gasteiger partial charge on any atom is 0.296 e. The molecule has 0 heterocycles. The van der Waals surface area contributed by atoms with Crippen LogP contribution in [-0.4, -0.2) is 49.1 Å². The minimum absolute atomic E-state index is 0.0285. The molecule has 24 heteroatoms. The standard InChI is InChI=1S/C34H26N10O11S3/c35-24-16-27(45)26(17-25(24)41-37-22-10-12-23(13-11-22)56(47,48)49)42-38-20-6-8-21(9-7-20)40-43-32-28(57(50,51)52)14-18-15-29(58(53,54)55)33(34(46)30(18)31(32)36)44-39-19-4-2-1-3-5-19/h1-17,45-46H,35-36H2,(H,47,48,49)(H,50,51,52)(H,53,54,55). The SMILES string of the molecule is Nc1cc(O)c(N=Nc2ccc(N=Nc3c(S(=O)(=O)O)cc4cc(S(=O)(=O)O)c(N=Nc5ccccc5)c(O)c4c3N)cc2)cc1N=Nc1ccc(S(=O)(=O)O)cc1. The summed E-state index contributed by atoms with van der Waals surface area (Å²) in [6.45, 7) is 0. The monoisotopic (exact) mass is 846 g/mol. The largest absolute Gasteiger partial charge is 0.506 e. The van der Waals surface area contributed by atoms with Gasteiger partial charge >= 0.3 is 0 Å². The fourth-order valence-corrected chi connectivity index (χ4v) is 6.87. The first-order valence-corrected chi connectivity index (χ1v) is 20.2. The van der Waals surface area contributed by atoms with Gasteiger partial charge in [0.05, 0.1) is 44.4 Å². The second-order valence-electron chi connectivity index (χ2n) is 11.8. The van der Waals surface area contributed by atoms with E-state index in [4.69, 9.17) is 16.0 Å². The van der Waals surface area contributed by atoms with E-state index in [0.29, 0.717) is 0 Å². The van der Waals surface area contributed by atoms with E-state index in [9.17, 15) is 44.6 Å². The average Bonchev–Trinajstić information content (AvgIpc) is 3.16. The molecule has 0 aliphatic rings.